The second-order valence-electron chi connectivity index (χ2n) is 5.63. The second-order valence-corrected chi connectivity index (χ2v) is 6.55. The molecule has 23 heavy (non-hydrogen) atoms. The topological polar surface area (TPSA) is 48.0 Å². The zero-order valence-electron chi connectivity index (χ0n) is 12.6. The summed E-state index contributed by atoms with van der Waals surface area (Å²) in [5.74, 6) is 0.350. The number of fused-ring (bicyclic) bond motifs is 2. The minimum Gasteiger partial charge on any atom is -0.436 e. The van der Waals surface area contributed by atoms with Crippen molar-refractivity contribution in [3.63, 3.8) is 0 Å². The summed E-state index contributed by atoms with van der Waals surface area (Å²) >= 11 is 3.43. The molecule has 0 atom stereocenters. The van der Waals surface area contributed by atoms with Crippen molar-refractivity contribution in [1.82, 2.24) is 9.78 Å². The van der Waals surface area contributed by atoms with E-state index < -0.39 is 0 Å². The van der Waals surface area contributed by atoms with Gasteiger partial charge in [0, 0.05) is 9.86 Å². The van der Waals surface area contributed by atoms with Gasteiger partial charge in [-0.1, -0.05) is 22.0 Å². The molecule has 2 heterocycles. The Morgan fingerprint density at radius 2 is 1.87 bits per heavy atom. The summed E-state index contributed by atoms with van der Waals surface area (Å²) in [5.41, 5.74) is 4.05. The number of hydrogen-bond acceptors (Lipinski definition) is 3. The number of halogens is 1. The molecule has 0 fully saturated rings. The SMILES string of the molecule is Cc1ccc(-n2nc3oc4ccc(Br)cc4cc-3c2=O)cc1C. The molecule has 114 valence electrons. The molecule has 0 aromatic heterocycles. The van der Waals surface area contributed by atoms with Crippen molar-refractivity contribution in [1.29, 1.82) is 0 Å². The molecular weight excluding hydrogens is 356 g/mol. The summed E-state index contributed by atoms with van der Waals surface area (Å²) in [6.07, 6.45) is 0. The van der Waals surface area contributed by atoms with Gasteiger partial charge in [0.25, 0.3) is 5.56 Å². The van der Waals surface area contributed by atoms with Crippen LogP contribution in [0.15, 0.2) is 56.1 Å². The predicted octanol–water partition coefficient (Wildman–Crippen LogP) is 4.46. The Bertz CT molecular complexity index is 1080. The number of nitrogens with zero attached hydrogens (tertiary/aromatic N) is 2. The lowest BCUT2D eigenvalue weighted by molar-refractivity contribution is 0.591. The first-order valence-corrected chi connectivity index (χ1v) is 8.02. The molecule has 5 heteroatoms. The highest BCUT2D eigenvalue weighted by atomic mass is 79.9. The average Bonchev–Trinajstić information content (AvgIpc) is 2.84. The minimum atomic E-state index is -0.172. The number of benzene rings is 2. The Kier molecular flexibility index (Phi) is 3.13. The van der Waals surface area contributed by atoms with Crippen LogP contribution < -0.4 is 5.56 Å². The highest BCUT2D eigenvalue weighted by Crippen LogP contribution is 2.27. The van der Waals surface area contributed by atoms with Crippen LogP contribution in [0.4, 0.5) is 0 Å². The summed E-state index contributed by atoms with van der Waals surface area (Å²) in [5, 5.41) is 5.22. The van der Waals surface area contributed by atoms with E-state index >= 15 is 0 Å². The summed E-state index contributed by atoms with van der Waals surface area (Å²) in [6.45, 7) is 4.06. The van der Waals surface area contributed by atoms with Gasteiger partial charge in [-0.25, -0.2) is 0 Å². The van der Waals surface area contributed by atoms with Crippen LogP contribution in [0.2, 0.25) is 0 Å². The molecule has 4 nitrogen and oxygen atoms in total. The van der Waals surface area contributed by atoms with Crippen LogP contribution in [0.5, 0.6) is 0 Å². The molecule has 2 aromatic carbocycles. The van der Waals surface area contributed by atoms with E-state index in [2.05, 4.69) is 21.0 Å². The molecule has 0 saturated carbocycles. The van der Waals surface area contributed by atoms with Crippen LogP contribution in [0.1, 0.15) is 11.1 Å². The zero-order chi connectivity index (χ0) is 16.1. The van der Waals surface area contributed by atoms with Gasteiger partial charge in [0.05, 0.1) is 5.69 Å². The summed E-state index contributed by atoms with van der Waals surface area (Å²) < 4.78 is 8.12. The van der Waals surface area contributed by atoms with Crippen LogP contribution in [0.3, 0.4) is 0 Å². The van der Waals surface area contributed by atoms with E-state index in [0.717, 1.165) is 21.1 Å². The van der Waals surface area contributed by atoms with E-state index in [1.54, 1.807) is 0 Å². The number of aryl methyl sites for hydroxylation is 2. The molecule has 0 bridgehead atoms. The fraction of sp³-hybridized carbons (Fsp3) is 0.111. The van der Waals surface area contributed by atoms with Crippen LogP contribution in [-0.2, 0) is 0 Å². The van der Waals surface area contributed by atoms with E-state index in [4.69, 9.17) is 4.42 Å². The molecule has 0 N–H and O–H groups in total. The van der Waals surface area contributed by atoms with Gasteiger partial charge in [0.15, 0.2) is 0 Å². The van der Waals surface area contributed by atoms with Gasteiger partial charge in [-0.2, -0.15) is 4.68 Å². The lowest BCUT2D eigenvalue weighted by Gasteiger charge is -2.03. The summed E-state index contributed by atoms with van der Waals surface area (Å²) in [7, 11) is 0. The third kappa shape index (κ3) is 2.28. The van der Waals surface area contributed by atoms with Crippen molar-refractivity contribution in [2.75, 3.05) is 0 Å². The molecule has 0 aliphatic carbocycles. The van der Waals surface area contributed by atoms with Crippen molar-refractivity contribution < 1.29 is 4.42 Å². The van der Waals surface area contributed by atoms with Crippen molar-refractivity contribution in [2.24, 2.45) is 0 Å². The lowest BCUT2D eigenvalue weighted by atomic mass is 10.1. The van der Waals surface area contributed by atoms with Gasteiger partial charge in [-0.05, 0) is 61.4 Å². The smallest absolute Gasteiger partial charge is 0.284 e. The van der Waals surface area contributed by atoms with Gasteiger partial charge in [0.1, 0.15) is 11.1 Å². The Morgan fingerprint density at radius 3 is 2.65 bits per heavy atom. The van der Waals surface area contributed by atoms with Crippen LogP contribution in [0, 0.1) is 13.8 Å². The van der Waals surface area contributed by atoms with Gasteiger partial charge < -0.3 is 4.42 Å². The van der Waals surface area contributed by atoms with Crippen LogP contribution >= 0.6 is 15.9 Å². The molecule has 2 aromatic rings. The molecule has 0 amide bonds. The standard InChI is InChI=1S/C18H13BrN2O2/c1-10-3-5-14(7-11(10)2)21-18(22)15-9-12-8-13(19)4-6-16(12)23-17(15)20-21/h3-9H,1-2H3. The maximum Gasteiger partial charge on any atom is 0.284 e. The summed E-state index contributed by atoms with van der Waals surface area (Å²) in [4.78, 5) is 12.7. The van der Waals surface area contributed by atoms with E-state index in [1.807, 2.05) is 56.3 Å². The Morgan fingerprint density at radius 1 is 1.04 bits per heavy atom. The molecule has 0 saturated heterocycles. The minimum absolute atomic E-state index is 0.172. The van der Waals surface area contributed by atoms with Crippen molar-refractivity contribution in [3.8, 4) is 17.1 Å². The van der Waals surface area contributed by atoms with Crippen LogP contribution in [0.25, 0.3) is 28.1 Å². The summed E-state index contributed by atoms with van der Waals surface area (Å²) in [6, 6.07) is 13.3. The lowest BCUT2D eigenvalue weighted by Crippen LogP contribution is -2.14. The Balaban J connectivity index is 2.00. The fourth-order valence-electron chi connectivity index (χ4n) is 2.61. The highest BCUT2D eigenvalue weighted by Gasteiger charge is 2.19. The van der Waals surface area contributed by atoms with Crippen molar-refractivity contribution in [2.45, 2.75) is 13.8 Å². The van der Waals surface area contributed by atoms with Gasteiger partial charge in [0.2, 0.25) is 5.89 Å². The number of aromatic nitrogens is 2. The normalized spacial score (nSPS) is 11.4. The van der Waals surface area contributed by atoms with E-state index in [0.29, 0.717) is 17.0 Å². The largest absolute Gasteiger partial charge is 0.436 e. The molecule has 0 unspecified atom stereocenters. The Labute approximate surface area is 140 Å². The molecule has 0 spiro atoms. The molecule has 2 aliphatic rings. The number of rotatable bonds is 1. The third-order valence-corrected chi connectivity index (χ3v) is 4.55. The number of hydrogen-bond donors (Lipinski definition) is 0. The van der Waals surface area contributed by atoms with E-state index in [-0.39, 0.29) is 5.56 Å². The second kappa shape index (κ2) is 5.06. The van der Waals surface area contributed by atoms with E-state index in [9.17, 15) is 4.79 Å². The van der Waals surface area contributed by atoms with Crippen molar-refractivity contribution >= 4 is 26.9 Å². The highest BCUT2D eigenvalue weighted by molar-refractivity contribution is 9.10. The van der Waals surface area contributed by atoms with Crippen molar-refractivity contribution in [3.05, 3.63) is 68.4 Å². The zero-order valence-corrected chi connectivity index (χ0v) is 14.2. The maximum absolute atomic E-state index is 12.7. The first kappa shape index (κ1) is 14.2. The van der Waals surface area contributed by atoms with Gasteiger partial charge in [-0.15, -0.1) is 5.10 Å². The predicted molar refractivity (Wildman–Crippen MR) is 93.4 cm³/mol. The average molecular weight is 369 g/mol. The molecule has 2 aliphatic heterocycles. The van der Waals surface area contributed by atoms with Crippen LogP contribution in [-0.4, -0.2) is 9.78 Å². The quantitative estimate of drug-likeness (QED) is 0.498. The first-order chi connectivity index (χ1) is 11.0. The molecule has 4 rings (SSSR count). The maximum atomic E-state index is 12.7. The van der Waals surface area contributed by atoms with Gasteiger partial charge >= 0.3 is 0 Å². The van der Waals surface area contributed by atoms with Gasteiger partial charge in [-0.3, -0.25) is 4.79 Å². The monoisotopic (exact) mass is 368 g/mol. The molecular formula is C18H13BrN2O2. The molecule has 0 radical (unpaired) electrons. The van der Waals surface area contributed by atoms with E-state index in [1.165, 1.54) is 10.2 Å². The fourth-order valence-corrected chi connectivity index (χ4v) is 2.99. The first-order valence-electron chi connectivity index (χ1n) is 7.23. The Hall–Kier alpha value is -2.40. The third-order valence-electron chi connectivity index (χ3n) is 4.06.